The molecule has 0 aliphatic rings. The molecule has 0 N–H and O–H groups in total. The highest BCUT2D eigenvalue weighted by atomic mass is 32.2. The van der Waals surface area contributed by atoms with Crippen LogP contribution in [0.15, 0.2) is 33.8 Å². The highest BCUT2D eigenvalue weighted by molar-refractivity contribution is 7.98. The Balaban J connectivity index is 3.41. The van der Waals surface area contributed by atoms with E-state index in [0.717, 1.165) is 0 Å². The molecule has 6 heteroatoms. The van der Waals surface area contributed by atoms with E-state index < -0.39 is 20.1 Å². The number of rotatable bonds is 3. The van der Waals surface area contributed by atoms with Gasteiger partial charge in [-0.05, 0) is 32.0 Å². The molecule has 0 atom stereocenters. The van der Waals surface area contributed by atoms with Gasteiger partial charge in [0.15, 0.2) is 8.24 Å². The lowest BCUT2D eigenvalue weighted by atomic mass is 10.1. The van der Waals surface area contributed by atoms with Crippen molar-refractivity contribution in [1.82, 2.24) is 0 Å². The van der Waals surface area contributed by atoms with Gasteiger partial charge in [0.1, 0.15) is 5.71 Å². The molecule has 0 radical (unpaired) electrons. The zero-order valence-corrected chi connectivity index (χ0v) is 12.6. The van der Waals surface area contributed by atoms with E-state index in [1.54, 1.807) is 44.1 Å². The first-order valence-electron chi connectivity index (χ1n) is 5.45. The molecule has 0 spiro atoms. The molecule has 0 aliphatic heterocycles. The van der Waals surface area contributed by atoms with Crippen LogP contribution >= 0.6 is 11.8 Å². The molecule has 1 aromatic rings. The van der Waals surface area contributed by atoms with E-state index in [4.69, 9.17) is 0 Å². The van der Waals surface area contributed by atoms with Gasteiger partial charge in [-0.15, -0.1) is 11.8 Å². The normalized spacial score (nSPS) is 13.8. The smallest absolute Gasteiger partial charge is 0.317 e. The Labute approximate surface area is 111 Å². The van der Waals surface area contributed by atoms with Gasteiger partial charge in [0.2, 0.25) is 0 Å². The summed E-state index contributed by atoms with van der Waals surface area (Å²) < 4.78 is 43.4. The molecular weight excluding hydrogens is 275 g/mol. The summed E-state index contributed by atoms with van der Waals surface area (Å²) in [7, 11) is -2.19. The van der Waals surface area contributed by atoms with Gasteiger partial charge in [-0.25, -0.2) is 0 Å². The van der Waals surface area contributed by atoms with Crippen LogP contribution in [0.1, 0.15) is 5.56 Å². The van der Waals surface area contributed by atoms with E-state index in [2.05, 4.69) is 4.66 Å². The summed E-state index contributed by atoms with van der Waals surface area (Å²) in [6, 6.07) is 6.52. The molecular formula is C12H16F3NSSi. The highest BCUT2D eigenvalue weighted by Gasteiger charge is 2.38. The summed E-state index contributed by atoms with van der Waals surface area (Å²) in [6.07, 6.45) is -2.65. The fraction of sp³-hybridized carbons (Fsp3) is 0.417. The van der Waals surface area contributed by atoms with Gasteiger partial charge in [0, 0.05) is 10.5 Å². The molecule has 18 heavy (non-hydrogen) atoms. The molecule has 1 rings (SSSR count). The van der Waals surface area contributed by atoms with Gasteiger partial charge in [0.25, 0.3) is 0 Å². The summed E-state index contributed by atoms with van der Waals surface area (Å²) in [5, 5.41) is 0. The van der Waals surface area contributed by atoms with E-state index in [-0.39, 0.29) is 5.56 Å². The second-order valence-electron chi connectivity index (χ2n) is 4.83. The first-order valence-corrected chi connectivity index (χ1v) is 10.1. The van der Waals surface area contributed by atoms with Crippen molar-refractivity contribution in [2.45, 2.75) is 30.7 Å². The molecule has 1 nitrogen and oxygen atoms in total. The third-order valence-corrected chi connectivity index (χ3v) is 3.77. The van der Waals surface area contributed by atoms with Crippen LogP contribution in [0.25, 0.3) is 0 Å². The third kappa shape index (κ3) is 4.17. The first kappa shape index (κ1) is 15.3. The molecule has 0 unspecified atom stereocenters. The van der Waals surface area contributed by atoms with E-state index in [1.165, 1.54) is 17.8 Å². The second-order valence-corrected chi connectivity index (χ2v) is 10.2. The van der Waals surface area contributed by atoms with Crippen LogP contribution in [0.3, 0.4) is 0 Å². The van der Waals surface area contributed by atoms with Gasteiger partial charge >= 0.3 is 6.18 Å². The SMILES string of the molecule is CSc1ccccc1/C(=N\[Si](C)(C)C)C(F)(F)F. The Kier molecular flexibility index (Phi) is 4.66. The Morgan fingerprint density at radius 3 is 2.17 bits per heavy atom. The molecule has 0 heterocycles. The molecule has 0 aromatic heterocycles. The van der Waals surface area contributed by atoms with Crippen LogP contribution in [0.2, 0.25) is 19.6 Å². The van der Waals surface area contributed by atoms with Crippen LogP contribution < -0.4 is 0 Å². The summed E-state index contributed by atoms with van der Waals surface area (Å²) >= 11 is 1.30. The minimum absolute atomic E-state index is 0.180. The van der Waals surface area contributed by atoms with E-state index in [0.29, 0.717) is 4.90 Å². The molecule has 1 aromatic carbocycles. The predicted octanol–water partition coefficient (Wildman–Crippen LogP) is 4.59. The van der Waals surface area contributed by atoms with Gasteiger partial charge < -0.3 is 4.66 Å². The van der Waals surface area contributed by atoms with Crippen molar-refractivity contribution < 1.29 is 13.2 Å². The number of benzene rings is 1. The first-order chi connectivity index (χ1) is 8.15. The van der Waals surface area contributed by atoms with Crippen molar-refractivity contribution in [2.24, 2.45) is 4.66 Å². The van der Waals surface area contributed by atoms with Crippen LogP contribution in [0, 0.1) is 0 Å². The number of hydrogen-bond acceptors (Lipinski definition) is 2. The van der Waals surface area contributed by atoms with Crippen molar-refractivity contribution in [1.29, 1.82) is 0 Å². The van der Waals surface area contributed by atoms with Crippen molar-refractivity contribution in [3.63, 3.8) is 0 Å². The summed E-state index contributed by atoms with van der Waals surface area (Å²) in [4.78, 5) is 0.604. The molecule has 0 aliphatic carbocycles. The Bertz CT molecular complexity index is 449. The molecule has 0 bridgehead atoms. The van der Waals surface area contributed by atoms with E-state index in [9.17, 15) is 13.2 Å². The highest BCUT2D eigenvalue weighted by Crippen LogP contribution is 2.29. The number of alkyl halides is 3. The Hall–Kier alpha value is -0.753. The monoisotopic (exact) mass is 291 g/mol. The van der Waals surface area contributed by atoms with Crippen molar-refractivity contribution >= 4 is 25.7 Å². The average Bonchev–Trinajstić information content (AvgIpc) is 2.23. The van der Waals surface area contributed by atoms with Gasteiger partial charge in [-0.2, -0.15) is 13.2 Å². The van der Waals surface area contributed by atoms with Gasteiger partial charge in [0.05, 0.1) is 0 Å². The maximum absolute atomic E-state index is 13.1. The number of thioether (sulfide) groups is 1. The predicted molar refractivity (Wildman–Crippen MR) is 74.2 cm³/mol. The maximum atomic E-state index is 13.1. The lowest BCUT2D eigenvalue weighted by Crippen LogP contribution is -2.30. The number of nitrogens with zero attached hydrogens (tertiary/aromatic N) is 1. The zero-order chi connectivity index (χ0) is 14.0. The van der Waals surface area contributed by atoms with Crippen molar-refractivity contribution in [3.05, 3.63) is 29.8 Å². The van der Waals surface area contributed by atoms with Gasteiger partial charge in [-0.1, -0.05) is 18.2 Å². The minimum atomic E-state index is -4.41. The van der Waals surface area contributed by atoms with Crippen LogP contribution in [-0.2, 0) is 0 Å². The summed E-state index contributed by atoms with van der Waals surface area (Å²) in [5.74, 6) is 0. The van der Waals surface area contributed by atoms with Crippen LogP contribution in [0.4, 0.5) is 13.2 Å². The van der Waals surface area contributed by atoms with Crippen molar-refractivity contribution in [3.8, 4) is 0 Å². The van der Waals surface area contributed by atoms with Crippen LogP contribution in [-0.4, -0.2) is 26.4 Å². The van der Waals surface area contributed by atoms with Gasteiger partial charge in [-0.3, -0.25) is 0 Å². The Morgan fingerprint density at radius 1 is 1.17 bits per heavy atom. The molecule has 100 valence electrons. The summed E-state index contributed by atoms with van der Waals surface area (Å²) in [5.41, 5.74) is -0.563. The number of hydrogen-bond donors (Lipinski definition) is 0. The molecule has 0 saturated heterocycles. The maximum Gasteiger partial charge on any atom is 0.432 e. The second kappa shape index (κ2) is 5.48. The topological polar surface area (TPSA) is 12.4 Å². The largest absolute Gasteiger partial charge is 0.432 e. The summed E-state index contributed by atoms with van der Waals surface area (Å²) in [6.45, 7) is 5.38. The van der Waals surface area contributed by atoms with E-state index in [1.807, 2.05) is 0 Å². The third-order valence-electron chi connectivity index (χ3n) is 2.08. The zero-order valence-electron chi connectivity index (χ0n) is 10.8. The fourth-order valence-electron chi connectivity index (χ4n) is 1.45. The molecule has 0 amide bonds. The Morgan fingerprint density at radius 2 is 1.72 bits per heavy atom. The van der Waals surface area contributed by atoms with Crippen molar-refractivity contribution in [2.75, 3.05) is 6.26 Å². The standard InChI is InChI=1S/C12H16F3NSSi/c1-17-10-8-6-5-7-9(10)11(12(13,14)15)16-18(2,3)4/h5-8H,1-4H3/b16-11+. The minimum Gasteiger partial charge on any atom is -0.317 e. The lowest BCUT2D eigenvalue weighted by molar-refractivity contribution is -0.0580. The molecule has 0 fully saturated rings. The number of halogens is 3. The average molecular weight is 291 g/mol. The quantitative estimate of drug-likeness (QED) is 0.450. The van der Waals surface area contributed by atoms with Crippen LogP contribution in [0.5, 0.6) is 0 Å². The van der Waals surface area contributed by atoms with E-state index >= 15 is 0 Å². The molecule has 0 saturated carbocycles. The lowest BCUT2D eigenvalue weighted by Gasteiger charge is -2.18. The fourth-order valence-corrected chi connectivity index (χ4v) is 2.97.